The van der Waals surface area contributed by atoms with E-state index in [9.17, 15) is 12.8 Å². The van der Waals surface area contributed by atoms with Gasteiger partial charge in [-0.2, -0.15) is 0 Å². The van der Waals surface area contributed by atoms with Crippen molar-refractivity contribution in [2.75, 3.05) is 0 Å². The number of aryl methyl sites for hydroxylation is 1. The van der Waals surface area contributed by atoms with E-state index in [0.29, 0.717) is 12.0 Å². The Bertz CT molecular complexity index is 516. The van der Waals surface area contributed by atoms with Crippen molar-refractivity contribution >= 4 is 10.0 Å². The third-order valence-corrected chi connectivity index (χ3v) is 4.03. The fourth-order valence-electron chi connectivity index (χ4n) is 1.43. The van der Waals surface area contributed by atoms with Crippen molar-refractivity contribution in [3.8, 4) is 0 Å². The molecular formula is C10H13FN2O2S. The molecule has 6 heteroatoms. The third kappa shape index (κ3) is 2.23. The van der Waals surface area contributed by atoms with Crippen LogP contribution in [0.4, 0.5) is 4.39 Å². The zero-order valence-electron chi connectivity index (χ0n) is 8.77. The van der Waals surface area contributed by atoms with E-state index in [2.05, 4.69) is 4.72 Å². The van der Waals surface area contributed by atoms with Crippen LogP contribution in [0, 0.1) is 12.7 Å². The zero-order valence-corrected chi connectivity index (χ0v) is 9.59. The highest BCUT2D eigenvalue weighted by Gasteiger charge is 2.37. The Balaban J connectivity index is 2.31. The molecule has 0 aromatic heterocycles. The van der Waals surface area contributed by atoms with Crippen LogP contribution in [0.5, 0.6) is 0 Å². The molecule has 3 N–H and O–H groups in total. The summed E-state index contributed by atoms with van der Waals surface area (Å²) in [5.74, 6) is -0.743. The van der Waals surface area contributed by atoms with Crippen LogP contribution in [0.15, 0.2) is 23.1 Å². The molecule has 0 radical (unpaired) electrons. The molecule has 0 heterocycles. The van der Waals surface area contributed by atoms with Crippen molar-refractivity contribution in [1.29, 1.82) is 0 Å². The molecule has 2 rings (SSSR count). The molecule has 4 nitrogen and oxygen atoms in total. The molecule has 0 amide bonds. The molecule has 0 bridgehead atoms. The molecule has 1 aliphatic rings. The Hall–Kier alpha value is -0.980. The van der Waals surface area contributed by atoms with Gasteiger partial charge in [0.25, 0.3) is 0 Å². The summed E-state index contributed by atoms with van der Waals surface area (Å²) in [6.07, 6.45) is 0.604. The number of nitrogens with one attached hydrogen (secondary N) is 1. The van der Waals surface area contributed by atoms with Crippen LogP contribution in [-0.2, 0) is 10.0 Å². The van der Waals surface area contributed by atoms with E-state index in [0.717, 1.165) is 6.07 Å². The summed E-state index contributed by atoms with van der Waals surface area (Å²) in [6.45, 7) is 1.71. The summed E-state index contributed by atoms with van der Waals surface area (Å²) in [7, 11) is -3.79. The lowest BCUT2D eigenvalue weighted by molar-refractivity contribution is 0.555. The van der Waals surface area contributed by atoms with Crippen LogP contribution < -0.4 is 10.5 Å². The van der Waals surface area contributed by atoms with Gasteiger partial charge < -0.3 is 5.73 Å². The molecule has 2 atom stereocenters. The minimum atomic E-state index is -3.79. The molecule has 1 aliphatic carbocycles. The normalized spacial score (nSPS) is 24.4. The van der Waals surface area contributed by atoms with E-state index >= 15 is 0 Å². The fourth-order valence-corrected chi connectivity index (χ4v) is 2.89. The van der Waals surface area contributed by atoms with Crippen LogP contribution in [-0.4, -0.2) is 20.5 Å². The number of benzene rings is 1. The van der Waals surface area contributed by atoms with E-state index in [1.807, 2.05) is 0 Å². The quantitative estimate of drug-likeness (QED) is 0.814. The number of nitrogens with two attached hydrogens (primary N) is 1. The standard InChI is InChI=1S/C10H13FN2O2S/c1-6-2-3-7(11)10(4-6)16(14,15)13-9-5-8(9)12/h2-4,8-9,13H,5,12H2,1H3. The third-order valence-electron chi connectivity index (χ3n) is 2.52. The van der Waals surface area contributed by atoms with Crippen molar-refractivity contribution in [3.63, 3.8) is 0 Å². The van der Waals surface area contributed by atoms with Gasteiger partial charge in [-0.15, -0.1) is 0 Å². The maximum Gasteiger partial charge on any atom is 0.243 e. The minimum absolute atomic E-state index is 0.150. The predicted molar refractivity (Wildman–Crippen MR) is 57.8 cm³/mol. The van der Waals surface area contributed by atoms with Gasteiger partial charge in [0.2, 0.25) is 10.0 Å². The van der Waals surface area contributed by atoms with Gasteiger partial charge in [0, 0.05) is 12.1 Å². The SMILES string of the molecule is Cc1ccc(F)c(S(=O)(=O)NC2CC2N)c1. The van der Waals surface area contributed by atoms with E-state index in [1.165, 1.54) is 12.1 Å². The molecule has 1 saturated carbocycles. The highest BCUT2D eigenvalue weighted by molar-refractivity contribution is 7.89. The van der Waals surface area contributed by atoms with Gasteiger partial charge >= 0.3 is 0 Å². The molecule has 1 aromatic rings. The van der Waals surface area contributed by atoms with E-state index in [4.69, 9.17) is 5.73 Å². The van der Waals surface area contributed by atoms with E-state index in [1.54, 1.807) is 6.92 Å². The first-order chi connectivity index (χ1) is 7.40. The van der Waals surface area contributed by atoms with Gasteiger partial charge in [-0.3, -0.25) is 0 Å². The van der Waals surface area contributed by atoms with Gasteiger partial charge in [-0.05, 0) is 31.0 Å². The van der Waals surface area contributed by atoms with Gasteiger partial charge in [-0.1, -0.05) is 6.07 Å². The van der Waals surface area contributed by atoms with Crippen molar-refractivity contribution < 1.29 is 12.8 Å². The van der Waals surface area contributed by atoms with Gasteiger partial charge in [0.15, 0.2) is 0 Å². The average Bonchev–Trinajstić information content (AvgIpc) is 2.85. The molecule has 0 spiro atoms. The lowest BCUT2D eigenvalue weighted by Gasteiger charge is -2.07. The summed E-state index contributed by atoms with van der Waals surface area (Å²) < 4.78 is 39.3. The summed E-state index contributed by atoms with van der Waals surface area (Å²) >= 11 is 0. The second-order valence-corrected chi connectivity index (χ2v) is 5.74. The fraction of sp³-hybridized carbons (Fsp3) is 0.400. The van der Waals surface area contributed by atoms with Crippen LogP contribution >= 0.6 is 0 Å². The first kappa shape index (κ1) is 11.5. The van der Waals surface area contributed by atoms with Gasteiger partial charge in [-0.25, -0.2) is 17.5 Å². The first-order valence-electron chi connectivity index (χ1n) is 4.94. The zero-order chi connectivity index (χ0) is 11.9. The Morgan fingerprint density at radius 3 is 2.69 bits per heavy atom. The smallest absolute Gasteiger partial charge is 0.243 e. The van der Waals surface area contributed by atoms with Crippen molar-refractivity contribution in [1.82, 2.24) is 4.72 Å². The maximum absolute atomic E-state index is 13.4. The lowest BCUT2D eigenvalue weighted by atomic mass is 10.2. The molecule has 1 aromatic carbocycles. The van der Waals surface area contributed by atoms with Crippen LogP contribution in [0.2, 0.25) is 0 Å². The number of sulfonamides is 1. The Labute approximate surface area is 93.7 Å². The molecule has 0 saturated heterocycles. The number of hydrogen-bond donors (Lipinski definition) is 2. The highest BCUT2D eigenvalue weighted by Crippen LogP contribution is 2.23. The second-order valence-electron chi connectivity index (χ2n) is 4.06. The average molecular weight is 244 g/mol. The predicted octanol–water partition coefficient (Wildman–Crippen LogP) is 0.512. The summed E-state index contributed by atoms with van der Waals surface area (Å²) in [4.78, 5) is -0.313. The van der Waals surface area contributed by atoms with Crippen molar-refractivity contribution in [2.45, 2.75) is 30.3 Å². The number of rotatable bonds is 3. The molecule has 0 aliphatic heterocycles. The topological polar surface area (TPSA) is 72.2 Å². The van der Waals surface area contributed by atoms with Crippen LogP contribution in [0.25, 0.3) is 0 Å². The van der Waals surface area contributed by atoms with Crippen LogP contribution in [0.1, 0.15) is 12.0 Å². The number of halogens is 1. The Morgan fingerprint density at radius 1 is 1.50 bits per heavy atom. The molecular weight excluding hydrogens is 231 g/mol. The summed E-state index contributed by atoms with van der Waals surface area (Å²) in [5, 5.41) is 0. The minimum Gasteiger partial charge on any atom is -0.326 e. The maximum atomic E-state index is 13.4. The molecule has 16 heavy (non-hydrogen) atoms. The number of hydrogen-bond acceptors (Lipinski definition) is 3. The van der Waals surface area contributed by atoms with Gasteiger partial charge in [0.05, 0.1) is 0 Å². The first-order valence-corrected chi connectivity index (χ1v) is 6.42. The summed E-state index contributed by atoms with van der Waals surface area (Å²) in [6, 6.07) is 3.58. The van der Waals surface area contributed by atoms with Crippen molar-refractivity contribution in [3.05, 3.63) is 29.6 Å². The molecule has 1 fully saturated rings. The molecule has 88 valence electrons. The summed E-state index contributed by atoms with van der Waals surface area (Å²) in [5.41, 5.74) is 6.20. The van der Waals surface area contributed by atoms with E-state index in [-0.39, 0.29) is 17.0 Å². The largest absolute Gasteiger partial charge is 0.326 e. The van der Waals surface area contributed by atoms with Crippen molar-refractivity contribution in [2.24, 2.45) is 5.73 Å². The highest BCUT2D eigenvalue weighted by atomic mass is 32.2. The van der Waals surface area contributed by atoms with E-state index < -0.39 is 15.8 Å². The second kappa shape index (κ2) is 3.80. The Kier molecular flexibility index (Phi) is 2.73. The Morgan fingerprint density at radius 2 is 2.12 bits per heavy atom. The lowest BCUT2D eigenvalue weighted by Crippen LogP contribution is -2.30. The van der Waals surface area contributed by atoms with Gasteiger partial charge in [0.1, 0.15) is 10.7 Å². The monoisotopic (exact) mass is 244 g/mol. The van der Waals surface area contributed by atoms with Crippen LogP contribution in [0.3, 0.4) is 0 Å². The molecule has 2 unspecified atom stereocenters.